The van der Waals surface area contributed by atoms with E-state index < -0.39 is 11.1 Å². The van der Waals surface area contributed by atoms with Gasteiger partial charge in [-0.15, -0.1) is 0 Å². The summed E-state index contributed by atoms with van der Waals surface area (Å²) in [6.45, 7) is 5.37. The SMILES string of the molecule is C=C(c1ccc2c(c1)CCc1cc(C(=O)N(C)C)ccc1C2(CCNCC(=O)N1CCCC1C#N)c1n[nH]c(=O)[nH]1)N(C)C. The van der Waals surface area contributed by atoms with E-state index in [1.807, 2.05) is 43.3 Å². The highest BCUT2D eigenvalue weighted by molar-refractivity contribution is 5.94. The van der Waals surface area contributed by atoms with Crippen LogP contribution in [0.15, 0.2) is 47.8 Å². The van der Waals surface area contributed by atoms with Gasteiger partial charge < -0.3 is 20.0 Å². The van der Waals surface area contributed by atoms with Crippen LogP contribution in [0.4, 0.5) is 0 Å². The zero-order valence-electron chi connectivity index (χ0n) is 25.9. The molecule has 1 fully saturated rings. The van der Waals surface area contributed by atoms with E-state index in [9.17, 15) is 19.6 Å². The van der Waals surface area contributed by atoms with Gasteiger partial charge in [0.25, 0.3) is 5.91 Å². The normalized spacial score (nSPS) is 19.0. The Morgan fingerprint density at radius 1 is 1.09 bits per heavy atom. The number of likely N-dealkylation sites (tertiary alicyclic amines) is 1. The molecule has 44 heavy (non-hydrogen) atoms. The van der Waals surface area contributed by atoms with Crippen molar-refractivity contribution in [1.29, 1.82) is 5.26 Å². The molecule has 0 bridgehead atoms. The number of nitrogens with zero attached hydrogens (tertiary/aromatic N) is 5. The molecule has 2 amide bonds. The minimum absolute atomic E-state index is 0.0873. The summed E-state index contributed by atoms with van der Waals surface area (Å²) in [5.74, 6) is 0.280. The van der Waals surface area contributed by atoms with Crippen molar-refractivity contribution in [2.45, 2.75) is 43.6 Å². The summed E-state index contributed by atoms with van der Waals surface area (Å²) in [7, 11) is 7.38. The second-order valence-electron chi connectivity index (χ2n) is 12.0. The molecule has 1 aliphatic carbocycles. The zero-order chi connectivity index (χ0) is 31.6. The van der Waals surface area contributed by atoms with E-state index in [2.05, 4.69) is 45.3 Å². The first-order valence-electron chi connectivity index (χ1n) is 15.0. The van der Waals surface area contributed by atoms with Crippen LogP contribution in [-0.2, 0) is 23.1 Å². The van der Waals surface area contributed by atoms with Crippen molar-refractivity contribution < 1.29 is 9.59 Å². The highest BCUT2D eigenvalue weighted by atomic mass is 16.2. The van der Waals surface area contributed by atoms with Gasteiger partial charge in [0.15, 0.2) is 0 Å². The Morgan fingerprint density at radius 3 is 2.34 bits per heavy atom. The van der Waals surface area contributed by atoms with Gasteiger partial charge in [-0.2, -0.15) is 10.4 Å². The third-order valence-electron chi connectivity index (χ3n) is 8.90. The number of benzene rings is 2. The van der Waals surface area contributed by atoms with Crippen LogP contribution in [0.1, 0.15) is 63.3 Å². The van der Waals surface area contributed by atoms with Gasteiger partial charge in [0.2, 0.25) is 5.91 Å². The lowest BCUT2D eigenvalue weighted by molar-refractivity contribution is -0.130. The van der Waals surface area contributed by atoms with Crippen molar-refractivity contribution in [3.63, 3.8) is 0 Å². The Labute approximate surface area is 257 Å². The van der Waals surface area contributed by atoms with E-state index in [1.54, 1.807) is 23.9 Å². The number of aryl methyl sites for hydroxylation is 2. The molecular weight excluding hydrogens is 556 g/mol. The molecule has 3 aromatic rings. The van der Waals surface area contributed by atoms with Crippen LogP contribution in [0.5, 0.6) is 0 Å². The number of aromatic nitrogens is 3. The first kappa shape index (κ1) is 30.8. The molecule has 2 heterocycles. The summed E-state index contributed by atoms with van der Waals surface area (Å²) in [6, 6.07) is 13.9. The van der Waals surface area contributed by atoms with E-state index in [0.717, 1.165) is 39.9 Å². The minimum Gasteiger partial charge on any atom is -0.378 e. The monoisotopic (exact) mass is 596 g/mol. The summed E-state index contributed by atoms with van der Waals surface area (Å²) in [4.78, 5) is 46.6. The van der Waals surface area contributed by atoms with E-state index in [0.29, 0.717) is 50.2 Å². The van der Waals surface area contributed by atoms with Crippen LogP contribution in [-0.4, -0.2) is 95.6 Å². The summed E-state index contributed by atoms with van der Waals surface area (Å²) >= 11 is 0. The quantitative estimate of drug-likeness (QED) is 0.322. The molecule has 1 saturated heterocycles. The van der Waals surface area contributed by atoms with E-state index >= 15 is 0 Å². The smallest absolute Gasteiger partial charge is 0.340 e. The molecule has 1 aliphatic heterocycles. The Kier molecular flexibility index (Phi) is 8.74. The number of hydrogen-bond acceptors (Lipinski definition) is 7. The van der Waals surface area contributed by atoms with Gasteiger partial charge >= 0.3 is 5.69 Å². The third kappa shape index (κ3) is 5.65. The number of carbonyl (C=O) groups is 2. The van der Waals surface area contributed by atoms with E-state index in [1.165, 1.54) is 0 Å². The number of nitrogens with one attached hydrogen (secondary N) is 3. The molecule has 0 radical (unpaired) electrons. The maximum atomic E-state index is 13.0. The molecule has 11 heteroatoms. The van der Waals surface area contributed by atoms with Crippen LogP contribution in [0.2, 0.25) is 0 Å². The molecule has 1 aromatic heterocycles. The highest BCUT2D eigenvalue weighted by Crippen LogP contribution is 2.46. The number of rotatable bonds is 9. The second kappa shape index (κ2) is 12.5. The number of H-pyrrole nitrogens is 2. The average Bonchev–Trinajstić information content (AvgIpc) is 3.66. The maximum Gasteiger partial charge on any atom is 0.340 e. The minimum atomic E-state index is -0.892. The first-order chi connectivity index (χ1) is 21.1. The Balaban J connectivity index is 1.60. The number of nitriles is 1. The lowest BCUT2D eigenvalue weighted by Gasteiger charge is -2.35. The topological polar surface area (TPSA) is 141 Å². The van der Waals surface area contributed by atoms with Crippen LogP contribution >= 0.6 is 0 Å². The summed E-state index contributed by atoms with van der Waals surface area (Å²) < 4.78 is 0. The Morgan fingerprint density at radius 2 is 1.75 bits per heavy atom. The van der Waals surface area contributed by atoms with Crippen LogP contribution in [0, 0.1) is 11.3 Å². The summed E-state index contributed by atoms with van der Waals surface area (Å²) in [6.07, 6.45) is 3.39. The van der Waals surface area contributed by atoms with Gasteiger partial charge in [-0.25, -0.2) is 9.89 Å². The van der Waals surface area contributed by atoms with Crippen LogP contribution in [0.3, 0.4) is 0 Å². The number of amides is 2. The maximum absolute atomic E-state index is 13.0. The van der Waals surface area contributed by atoms with E-state index in [-0.39, 0.29) is 24.4 Å². The molecule has 0 saturated carbocycles. The molecule has 230 valence electrons. The Hall–Kier alpha value is -4.69. The molecular formula is C33H40N8O3. The molecule has 5 rings (SSSR count). The third-order valence-corrected chi connectivity index (χ3v) is 8.90. The largest absolute Gasteiger partial charge is 0.378 e. The number of fused-ring (bicyclic) bond motifs is 2. The summed E-state index contributed by atoms with van der Waals surface area (Å²) in [5, 5.41) is 19.8. The number of carbonyl (C=O) groups excluding carboxylic acids is 2. The fraction of sp³-hybridized carbons (Fsp3) is 0.424. The van der Waals surface area contributed by atoms with Gasteiger partial charge in [0.05, 0.1) is 18.0 Å². The van der Waals surface area contributed by atoms with Crippen molar-refractivity contribution in [3.8, 4) is 6.07 Å². The van der Waals surface area contributed by atoms with Crippen LogP contribution in [0.25, 0.3) is 5.70 Å². The second-order valence-corrected chi connectivity index (χ2v) is 12.0. The van der Waals surface area contributed by atoms with E-state index in [4.69, 9.17) is 0 Å². The van der Waals surface area contributed by atoms with Gasteiger partial charge in [-0.3, -0.25) is 14.6 Å². The summed E-state index contributed by atoms with van der Waals surface area (Å²) in [5.41, 5.74) is 5.20. The van der Waals surface area contributed by atoms with Crippen LogP contribution < -0.4 is 11.0 Å². The molecule has 2 atom stereocenters. The van der Waals surface area contributed by atoms with Crippen molar-refractivity contribution in [2.75, 3.05) is 47.8 Å². The molecule has 2 aromatic carbocycles. The van der Waals surface area contributed by atoms with Crippen molar-refractivity contribution >= 4 is 17.5 Å². The fourth-order valence-electron chi connectivity index (χ4n) is 6.56. The lowest BCUT2D eigenvalue weighted by atomic mass is 9.69. The van der Waals surface area contributed by atoms with Gasteiger partial charge in [0.1, 0.15) is 11.9 Å². The predicted octanol–water partition coefficient (Wildman–Crippen LogP) is 2.26. The average molecular weight is 597 g/mol. The molecule has 0 spiro atoms. The molecule has 3 N–H and O–H groups in total. The molecule has 2 aliphatic rings. The van der Waals surface area contributed by atoms with Gasteiger partial charge in [-0.05, 0) is 84.7 Å². The van der Waals surface area contributed by atoms with Crippen molar-refractivity contribution in [1.82, 2.24) is 35.2 Å². The highest BCUT2D eigenvalue weighted by Gasteiger charge is 2.44. The van der Waals surface area contributed by atoms with Gasteiger partial charge in [0, 0.05) is 46.0 Å². The zero-order valence-corrected chi connectivity index (χ0v) is 25.9. The first-order valence-corrected chi connectivity index (χ1v) is 15.0. The standard InChI is InChI=1S/C33H40N8O3/c1-21(39(2)3)22-10-12-27-23(17-22)8-9-24-18-25(30(43)40(4)5)11-13-28(24)33(27,31-36-32(44)38-37-31)14-15-35-20-29(42)41-16-6-7-26(41)19-34/h10-13,17-18,26,35H,1,6-9,14-16,20H2,2-5H3,(H2,36,37,38,44). The fourth-order valence-corrected chi connectivity index (χ4v) is 6.56. The number of hydrogen-bond donors (Lipinski definition) is 3. The van der Waals surface area contributed by atoms with Crippen molar-refractivity contribution in [3.05, 3.63) is 92.7 Å². The molecule has 2 unspecified atom stereocenters. The van der Waals surface area contributed by atoms with Crippen molar-refractivity contribution in [2.24, 2.45) is 0 Å². The lowest BCUT2D eigenvalue weighted by Crippen LogP contribution is -2.42. The Bertz CT molecular complexity index is 1610. The molecule has 11 nitrogen and oxygen atoms in total. The predicted molar refractivity (Wildman–Crippen MR) is 168 cm³/mol. The van der Waals surface area contributed by atoms with Gasteiger partial charge in [-0.1, -0.05) is 24.8 Å². The number of aromatic amines is 2.